The number of aromatic amines is 1. The number of aromatic nitrogens is 1. The van der Waals surface area contributed by atoms with Gasteiger partial charge in [0.05, 0.1) is 12.7 Å². The number of carbonyl (C=O) groups is 1. The Hall–Kier alpha value is -2.34. The van der Waals surface area contributed by atoms with E-state index in [1.807, 2.05) is 24.1 Å². The zero-order chi connectivity index (χ0) is 17.1. The van der Waals surface area contributed by atoms with Gasteiger partial charge in [0.15, 0.2) is 11.6 Å². The zero-order valence-corrected chi connectivity index (χ0v) is 14.0. The molecule has 2 heterocycles. The average molecular weight is 331 g/mol. The first-order valence-electron chi connectivity index (χ1n) is 8.06. The molecule has 0 bridgehead atoms. The van der Waals surface area contributed by atoms with Crippen LogP contribution in [0.5, 0.6) is 5.75 Å². The number of halogens is 1. The first-order valence-corrected chi connectivity index (χ1v) is 8.06. The van der Waals surface area contributed by atoms with Crippen LogP contribution in [0.3, 0.4) is 0 Å². The molecule has 1 aliphatic rings. The van der Waals surface area contributed by atoms with E-state index in [2.05, 4.69) is 9.88 Å². The second-order valence-electron chi connectivity index (χ2n) is 6.09. The van der Waals surface area contributed by atoms with E-state index in [1.54, 1.807) is 12.3 Å². The van der Waals surface area contributed by atoms with Gasteiger partial charge in [0, 0.05) is 45.1 Å². The number of ether oxygens (including phenoxy) is 1. The first-order chi connectivity index (χ1) is 11.6. The van der Waals surface area contributed by atoms with Gasteiger partial charge in [-0.25, -0.2) is 4.39 Å². The predicted molar refractivity (Wildman–Crippen MR) is 89.7 cm³/mol. The summed E-state index contributed by atoms with van der Waals surface area (Å²) in [5.74, 6) is -0.00771. The molecule has 1 aromatic carbocycles. The van der Waals surface area contributed by atoms with Crippen LogP contribution in [0.25, 0.3) is 0 Å². The molecular formula is C18H22FN3O2. The number of hydrogen-bond donors (Lipinski definition) is 1. The van der Waals surface area contributed by atoms with E-state index in [9.17, 15) is 9.18 Å². The van der Waals surface area contributed by atoms with Crippen molar-refractivity contribution < 1.29 is 13.9 Å². The molecule has 128 valence electrons. The van der Waals surface area contributed by atoms with Gasteiger partial charge in [0.25, 0.3) is 5.91 Å². The van der Waals surface area contributed by atoms with Crippen molar-refractivity contribution in [3.05, 3.63) is 53.1 Å². The van der Waals surface area contributed by atoms with Gasteiger partial charge in [-0.05, 0) is 30.2 Å². The largest absolute Gasteiger partial charge is 0.494 e. The monoisotopic (exact) mass is 331 g/mol. The van der Waals surface area contributed by atoms with E-state index in [4.69, 9.17) is 4.74 Å². The lowest BCUT2D eigenvalue weighted by Crippen LogP contribution is -2.48. The van der Waals surface area contributed by atoms with Gasteiger partial charge < -0.3 is 14.6 Å². The molecule has 5 nitrogen and oxygen atoms in total. The van der Waals surface area contributed by atoms with Gasteiger partial charge in [-0.3, -0.25) is 9.69 Å². The van der Waals surface area contributed by atoms with E-state index in [1.165, 1.54) is 13.2 Å². The van der Waals surface area contributed by atoms with Gasteiger partial charge in [-0.1, -0.05) is 6.07 Å². The maximum atomic E-state index is 13.8. The second-order valence-corrected chi connectivity index (χ2v) is 6.09. The standard InChI is InChI=1S/C18H22FN3O2/c1-13-10-20-11-15(13)18(23)22-7-5-21(6-8-22)12-14-3-4-17(24-2)16(19)9-14/h3-4,9-11,20H,5-8,12H2,1-2H3. The second kappa shape index (κ2) is 7.05. The third kappa shape index (κ3) is 3.43. The fourth-order valence-electron chi connectivity index (χ4n) is 3.02. The number of aryl methyl sites for hydroxylation is 1. The average Bonchev–Trinajstić information content (AvgIpc) is 3.01. The summed E-state index contributed by atoms with van der Waals surface area (Å²) in [6.07, 6.45) is 3.59. The summed E-state index contributed by atoms with van der Waals surface area (Å²) >= 11 is 0. The summed E-state index contributed by atoms with van der Waals surface area (Å²) in [6, 6.07) is 5.04. The highest BCUT2D eigenvalue weighted by atomic mass is 19.1. The molecule has 2 aromatic rings. The number of rotatable bonds is 4. The fraction of sp³-hybridized carbons (Fsp3) is 0.389. The van der Waals surface area contributed by atoms with Crippen molar-refractivity contribution in [2.24, 2.45) is 0 Å². The first kappa shape index (κ1) is 16.5. The molecule has 24 heavy (non-hydrogen) atoms. The van der Waals surface area contributed by atoms with E-state index < -0.39 is 0 Å². The molecule has 1 N–H and O–H groups in total. The summed E-state index contributed by atoms with van der Waals surface area (Å²) in [5.41, 5.74) is 2.62. The highest BCUT2D eigenvalue weighted by molar-refractivity contribution is 5.95. The molecular weight excluding hydrogens is 309 g/mol. The summed E-state index contributed by atoms with van der Waals surface area (Å²) in [6.45, 7) is 5.53. The number of nitrogens with zero attached hydrogens (tertiary/aromatic N) is 2. The van der Waals surface area contributed by atoms with Crippen molar-refractivity contribution in [3.8, 4) is 5.75 Å². The summed E-state index contributed by atoms with van der Waals surface area (Å²) < 4.78 is 18.7. The smallest absolute Gasteiger partial charge is 0.255 e. The normalized spacial score (nSPS) is 15.5. The molecule has 6 heteroatoms. The lowest BCUT2D eigenvalue weighted by molar-refractivity contribution is 0.0628. The van der Waals surface area contributed by atoms with E-state index in [0.29, 0.717) is 19.6 Å². The Balaban J connectivity index is 1.56. The molecule has 1 aromatic heterocycles. The molecule has 0 saturated carbocycles. The third-order valence-corrected chi connectivity index (χ3v) is 4.46. The van der Waals surface area contributed by atoms with Crippen LogP contribution in [0.4, 0.5) is 4.39 Å². The molecule has 0 spiro atoms. The molecule has 0 radical (unpaired) electrons. The number of H-pyrrole nitrogens is 1. The number of hydrogen-bond acceptors (Lipinski definition) is 3. The number of nitrogens with one attached hydrogen (secondary N) is 1. The third-order valence-electron chi connectivity index (χ3n) is 4.46. The lowest BCUT2D eigenvalue weighted by Gasteiger charge is -2.34. The molecule has 1 amide bonds. The molecule has 0 atom stereocenters. The van der Waals surface area contributed by atoms with E-state index >= 15 is 0 Å². The van der Waals surface area contributed by atoms with Crippen molar-refractivity contribution in [2.45, 2.75) is 13.5 Å². The fourth-order valence-corrected chi connectivity index (χ4v) is 3.02. The van der Waals surface area contributed by atoms with Crippen LogP contribution in [-0.2, 0) is 6.54 Å². The maximum absolute atomic E-state index is 13.8. The van der Waals surface area contributed by atoms with Crippen LogP contribution >= 0.6 is 0 Å². The van der Waals surface area contributed by atoms with Crippen molar-refractivity contribution in [1.29, 1.82) is 0 Å². The van der Waals surface area contributed by atoms with Crippen LogP contribution < -0.4 is 4.74 Å². The summed E-state index contributed by atoms with van der Waals surface area (Å²) in [4.78, 5) is 19.6. The topological polar surface area (TPSA) is 48.6 Å². The lowest BCUT2D eigenvalue weighted by atomic mass is 10.1. The maximum Gasteiger partial charge on any atom is 0.255 e. The predicted octanol–water partition coefficient (Wildman–Crippen LogP) is 2.43. The Morgan fingerprint density at radius 3 is 2.58 bits per heavy atom. The Bertz CT molecular complexity index is 721. The van der Waals surface area contributed by atoms with Crippen LogP contribution in [0, 0.1) is 12.7 Å². The SMILES string of the molecule is COc1ccc(CN2CCN(C(=O)c3c[nH]cc3C)CC2)cc1F. The molecule has 0 unspecified atom stereocenters. The highest BCUT2D eigenvalue weighted by Gasteiger charge is 2.23. The molecule has 1 aliphatic heterocycles. The summed E-state index contributed by atoms with van der Waals surface area (Å²) in [7, 11) is 1.46. The minimum Gasteiger partial charge on any atom is -0.494 e. The quantitative estimate of drug-likeness (QED) is 0.936. The molecule has 3 rings (SSSR count). The van der Waals surface area contributed by atoms with Crippen LogP contribution in [0.15, 0.2) is 30.6 Å². The number of methoxy groups -OCH3 is 1. The minimum absolute atomic E-state index is 0.0730. The van der Waals surface area contributed by atoms with Gasteiger partial charge in [-0.2, -0.15) is 0 Å². The highest BCUT2D eigenvalue weighted by Crippen LogP contribution is 2.19. The number of piperazine rings is 1. The van der Waals surface area contributed by atoms with Crippen molar-refractivity contribution in [2.75, 3.05) is 33.3 Å². The van der Waals surface area contributed by atoms with E-state index in [0.717, 1.165) is 29.8 Å². The Morgan fingerprint density at radius 1 is 1.25 bits per heavy atom. The minimum atomic E-state index is -0.341. The van der Waals surface area contributed by atoms with E-state index in [-0.39, 0.29) is 17.5 Å². The Morgan fingerprint density at radius 2 is 2.00 bits per heavy atom. The van der Waals surface area contributed by atoms with Crippen molar-refractivity contribution >= 4 is 5.91 Å². The molecule has 1 saturated heterocycles. The number of carbonyl (C=O) groups excluding carboxylic acids is 1. The zero-order valence-electron chi connectivity index (χ0n) is 14.0. The Labute approximate surface area is 141 Å². The Kier molecular flexibility index (Phi) is 4.85. The molecule has 0 aliphatic carbocycles. The molecule has 1 fully saturated rings. The van der Waals surface area contributed by atoms with Gasteiger partial charge in [-0.15, -0.1) is 0 Å². The van der Waals surface area contributed by atoms with Crippen LogP contribution in [0.2, 0.25) is 0 Å². The number of amides is 1. The van der Waals surface area contributed by atoms with Crippen molar-refractivity contribution in [1.82, 2.24) is 14.8 Å². The van der Waals surface area contributed by atoms with Gasteiger partial charge in [0.2, 0.25) is 0 Å². The van der Waals surface area contributed by atoms with Crippen molar-refractivity contribution in [3.63, 3.8) is 0 Å². The van der Waals surface area contributed by atoms with Gasteiger partial charge >= 0.3 is 0 Å². The summed E-state index contributed by atoms with van der Waals surface area (Å²) in [5, 5.41) is 0. The van der Waals surface area contributed by atoms with Crippen LogP contribution in [-0.4, -0.2) is 54.0 Å². The van der Waals surface area contributed by atoms with Crippen LogP contribution in [0.1, 0.15) is 21.5 Å². The van der Waals surface area contributed by atoms with Gasteiger partial charge in [0.1, 0.15) is 0 Å². The number of benzene rings is 1.